The van der Waals surface area contributed by atoms with Gasteiger partial charge >= 0.3 is 0 Å². The normalized spacial score (nSPS) is 12.0. The highest BCUT2D eigenvalue weighted by Gasteiger charge is 2.11. The number of anilines is 1. The van der Waals surface area contributed by atoms with Gasteiger partial charge in [0, 0.05) is 24.3 Å². The minimum Gasteiger partial charge on any atom is -0.373 e. The molecule has 0 saturated carbocycles. The van der Waals surface area contributed by atoms with Crippen LogP contribution in [0.3, 0.4) is 0 Å². The smallest absolute Gasteiger partial charge is 0.251 e. The van der Waals surface area contributed by atoms with Crippen LogP contribution < -0.4 is 10.6 Å². The number of amides is 1. The van der Waals surface area contributed by atoms with Gasteiger partial charge in [-0.3, -0.25) is 4.79 Å². The number of hydrogen-bond acceptors (Lipinski definition) is 3. The zero-order chi connectivity index (χ0) is 13.5. The lowest BCUT2D eigenvalue weighted by molar-refractivity contribution is 0.0938. The summed E-state index contributed by atoms with van der Waals surface area (Å²) in [6.45, 7) is 6.08. The van der Waals surface area contributed by atoms with Crippen molar-refractivity contribution in [2.75, 3.05) is 12.4 Å². The van der Waals surface area contributed by atoms with Crippen LogP contribution in [-0.2, 0) is 0 Å². The Bertz CT molecular complexity index is 404. The second-order valence-corrected chi connectivity index (χ2v) is 4.65. The molecule has 4 nitrogen and oxygen atoms in total. The highest BCUT2D eigenvalue weighted by molar-refractivity contribution is 5.95. The molecule has 0 aromatic carbocycles. The molecule has 0 aliphatic carbocycles. The van der Waals surface area contributed by atoms with Crippen molar-refractivity contribution in [3.8, 4) is 0 Å². The van der Waals surface area contributed by atoms with Gasteiger partial charge in [-0.1, -0.05) is 19.8 Å². The average molecular weight is 249 g/mol. The lowest BCUT2D eigenvalue weighted by Crippen LogP contribution is -2.32. The second-order valence-electron chi connectivity index (χ2n) is 4.65. The van der Waals surface area contributed by atoms with Gasteiger partial charge in [-0.05, 0) is 32.4 Å². The maximum atomic E-state index is 12.1. The van der Waals surface area contributed by atoms with Crippen LogP contribution in [-0.4, -0.2) is 24.0 Å². The fourth-order valence-corrected chi connectivity index (χ4v) is 1.82. The lowest BCUT2D eigenvalue weighted by Gasteiger charge is -2.14. The molecule has 0 aliphatic heterocycles. The van der Waals surface area contributed by atoms with E-state index >= 15 is 0 Å². The second kappa shape index (κ2) is 6.99. The first-order chi connectivity index (χ1) is 8.56. The fraction of sp³-hybridized carbons (Fsp3) is 0.571. The van der Waals surface area contributed by atoms with Gasteiger partial charge in [-0.25, -0.2) is 4.98 Å². The van der Waals surface area contributed by atoms with E-state index in [1.54, 1.807) is 13.1 Å². The van der Waals surface area contributed by atoms with Crippen LogP contribution in [0.1, 0.15) is 49.2 Å². The van der Waals surface area contributed by atoms with Crippen LogP contribution >= 0.6 is 0 Å². The standard InChI is InChI=1S/C14H23N3O/c1-5-6-7-10(2)17-14(18)12-8-11(3)16-13(9-12)15-4/h8-10H,5-7H2,1-4H3,(H,15,16)(H,17,18). The van der Waals surface area contributed by atoms with Crippen molar-refractivity contribution in [3.05, 3.63) is 23.4 Å². The van der Waals surface area contributed by atoms with Gasteiger partial charge in [-0.15, -0.1) is 0 Å². The molecule has 1 heterocycles. The molecule has 1 aromatic heterocycles. The number of carbonyl (C=O) groups excluding carboxylic acids is 1. The number of aromatic nitrogens is 1. The largest absolute Gasteiger partial charge is 0.373 e. The summed E-state index contributed by atoms with van der Waals surface area (Å²) in [5, 5.41) is 5.97. The van der Waals surface area contributed by atoms with Crippen molar-refractivity contribution in [2.24, 2.45) is 0 Å². The number of aryl methyl sites for hydroxylation is 1. The quantitative estimate of drug-likeness (QED) is 0.815. The molecule has 18 heavy (non-hydrogen) atoms. The van der Waals surface area contributed by atoms with E-state index in [1.165, 1.54) is 0 Å². The highest BCUT2D eigenvalue weighted by atomic mass is 16.1. The summed E-state index contributed by atoms with van der Waals surface area (Å²) in [7, 11) is 1.80. The molecule has 1 unspecified atom stereocenters. The van der Waals surface area contributed by atoms with Crippen molar-refractivity contribution in [1.29, 1.82) is 0 Å². The Kier molecular flexibility index (Phi) is 5.62. The molecule has 100 valence electrons. The number of carbonyl (C=O) groups is 1. The number of unbranched alkanes of at least 4 members (excludes halogenated alkanes) is 1. The molecular formula is C14H23N3O. The summed E-state index contributed by atoms with van der Waals surface area (Å²) in [5.74, 6) is 0.696. The van der Waals surface area contributed by atoms with Crippen molar-refractivity contribution in [1.82, 2.24) is 10.3 Å². The van der Waals surface area contributed by atoms with E-state index in [1.807, 2.05) is 19.9 Å². The first-order valence-corrected chi connectivity index (χ1v) is 6.54. The average Bonchev–Trinajstić information content (AvgIpc) is 2.35. The van der Waals surface area contributed by atoms with E-state index in [9.17, 15) is 4.79 Å². The predicted octanol–water partition coefficient (Wildman–Crippen LogP) is 2.74. The van der Waals surface area contributed by atoms with Crippen LogP contribution in [0, 0.1) is 6.92 Å². The van der Waals surface area contributed by atoms with Crippen LogP contribution in [0.15, 0.2) is 12.1 Å². The summed E-state index contributed by atoms with van der Waals surface area (Å²) >= 11 is 0. The van der Waals surface area contributed by atoms with E-state index in [4.69, 9.17) is 0 Å². The molecular weight excluding hydrogens is 226 g/mol. The third kappa shape index (κ3) is 4.35. The summed E-state index contributed by atoms with van der Waals surface area (Å²) in [5.41, 5.74) is 1.50. The molecule has 0 aliphatic rings. The SMILES string of the molecule is CCCCC(C)NC(=O)c1cc(C)nc(NC)c1. The maximum Gasteiger partial charge on any atom is 0.251 e. The van der Waals surface area contributed by atoms with Gasteiger partial charge in [-0.2, -0.15) is 0 Å². The molecule has 0 saturated heterocycles. The summed E-state index contributed by atoms with van der Waals surface area (Å²) in [6, 6.07) is 3.79. The van der Waals surface area contributed by atoms with Crippen LogP contribution in [0.5, 0.6) is 0 Å². The van der Waals surface area contributed by atoms with E-state index in [0.29, 0.717) is 5.56 Å². The fourth-order valence-electron chi connectivity index (χ4n) is 1.82. The maximum absolute atomic E-state index is 12.1. The third-order valence-corrected chi connectivity index (χ3v) is 2.84. The van der Waals surface area contributed by atoms with E-state index in [2.05, 4.69) is 22.5 Å². The lowest BCUT2D eigenvalue weighted by atomic mass is 10.1. The number of rotatable bonds is 6. The van der Waals surface area contributed by atoms with E-state index < -0.39 is 0 Å². The van der Waals surface area contributed by atoms with Gasteiger partial charge in [0.1, 0.15) is 5.82 Å². The first kappa shape index (κ1) is 14.5. The molecule has 1 rings (SSSR count). The molecule has 4 heteroatoms. The Balaban J connectivity index is 2.68. The molecule has 0 fully saturated rings. The minimum absolute atomic E-state index is 0.0272. The monoisotopic (exact) mass is 249 g/mol. The van der Waals surface area contributed by atoms with Gasteiger partial charge in [0.05, 0.1) is 0 Å². The summed E-state index contributed by atoms with van der Waals surface area (Å²) in [6.07, 6.45) is 3.31. The summed E-state index contributed by atoms with van der Waals surface area (Å²) < 4.78 is 0. The van der Waals surface area contributed by atoms with Crippen LogP contribution in [0.25, 0.3) is 0 Å². The third-order valence-electron chi connectivity index (χ3n) is 2.84. The topological polar surface area (TPSA) is 54.0 Å². The Hall–Kier alpha value is -1.58. The Morgan fingerprint density at radius 3 is 2.78 bits per heavy atom. The highest BCUT2D eigenvalue weighted by Crippen LogP contribution is 2.10. The molecule has 1 amide bonds. The number of nitrogens with one attached hydrogen (secondary N) is 2. The zero-order valence-corrected chi connectivity index (χ0v) is 11.7. The summed E-state index contributed by atoms with van der Waals surface area (Å²) in [4.78, 5) is 16.3. The van der Waals surface area contributed by atoms with Crippen LogP contribution in [0.4, 0.5) is 5.82 Å². The molecule has 1 aromatic rings. The van der Waals surface area contributed by atoms with Crippen molar-refractivity contribution >= 4 is 11.7 Å². The minimum atomic E-state index is -0.0272. The molecule has 0 bridgehead atoms. The predicted molar refractivity (Wildman–Crippen MR) is 75.0 cm³/mol. The van der Waals surface area contributed by atoms with E-state index in [-0.39, 0.29) is 11.9 Å². The van der Waals surface area contributed by atoms with Gasteiger partial charge in [0.2, 0.25) is 0 Å². The Labute approximate surface area is 109 Å². The number of hydrogen-bond donors (Lipinski definition) is 2. The van der Waals surface area contributed by atoms with Crippen molar-refractivity contribution in [2.45, 2.75) is 46.1 Å². The van der Waals surface area contributed by atoms with Crippen molar-refractivity contribution in [3.63, 3.8) is 0 Å². The van der Waals surface area contributed by atoms with Gasteiger partial charge in [0.25, 0.3) is 5.91 Å². The van der Waals surface area contributed by atoms with Crippen LogP contribution in [0.2, 0.25) is 0 Å². The Morgan fingerprint density at radius 1 is 1.44 bits per heavy atom. The number of nitrogens with zero attached hydrogens (tertiary/aromatic N) is 1. The van der Waals surface area contributed by atoms with Gasteiger partial charge in [0.15, 0.2) is 0 Å². The first-order valence-electron chi connectivity index (χ1n) is 6.54. The molecule has 0 spiro atoms. The van der Waals surface area contributed by atoms with Crippen molar-refractivity contribution < 1.29 is 4.79 Å². The number of pyridine rings is 1. The zero-order valence-electron chi connectivity index (χ0n) is 11.7. The van der Waals surface area contributed by atoms with Gasteiger partial charge < -0.3 is 10.6 Å². The molecule has 2 N–H and O–H groups in total. The Morgan fingerprint density at radius 2 is 2.17 bits per heavy atom. The van der Waals surface area contributed by atoms with E-state index in [0.717, 1.165) is 30.8 Å². The molecule has 1 atom stereocenters. The molecule has 0 radical (unpaired) electrons.